The van der Waals surface area contributed by atoms with Gasteiger partial charge >= 0.3 is 0 Å². The Hall–Kier alpha value is -2.61. The first-order valence-corrected chi connectivity index (χ1v) is 7.90. The van der Waals surface area contributed by atoms with Gasteiger partial charge in [-0.2, -0.15) is 0 Å². The summed E-state index contributed by atoms with van der Waals surface area (Å²) in [7, 11) is 0. The van der Waals surface area contributed by atoms with E-state index in [1.165, 1.54) is 11.3 Å². The maximum atomic E-state index is 12.2. The number of para-hydroxylation sites is 2. The van der Waals surface area contributed by atoms with Crippen LogP contribution in [0.1, 0.15) is 6.92 Å². The van der Waals surface area contributed by atoms with Crippen molar-refractivity contribution in [1.29, 1.82) is 0 Å². The van der Waals surface area contributed by atoms with Crippen LogP contribution in [0, 0.1) is 0 Å². The molecule has 0 radical (unpaired) electrons. The van der Waals surface area contributed by atoms with Gasteiger partial charge in [0.1, 0.15) is 12.6 Å². The minimum atomic E-state index is -0.792. The number of hydrogen-bond donors (Lipinski definition) is 2. The fourth-order valence-corrected chi connectivity index (χ4v) is 2.55. The van der Waals surface area contributed by atoms with Crippen LogP contribution in [0.15, 0.2) is 35.8 Å². The van der Waals surface area contributed by atoms with Crippen molar-refractivity contribution in [2.24, 2.45) is 0 Å². The Morgan fingerprint density at radius 3 is 2.87 bits per heavy atom. The minimum absolute atomic E-state index is 0.101. The van der Waals surface area contributed by atoms with Crippen molar-refractivity contribution >= 4 is 28.3 Å². The van der Waals surface area contributed by atoms with Crippen molar-refractivity contribution in [3.63, 3.8) is 0 Å². The molecule has 1 aromatic carbocycles. The molecule has 0 saturated carbocycles. The van der Waals surface area contributed by atoms with E-state index in [4.69, 9.17) is 9.47 Å². The predicted octanol–water partition coefficient (Wildman–Crippen LogP) is 1.43. The average molecular weight is 333 g/mol. The lowest BCUT2D eigenvalue weighted by molar-refractivity contribution is -0.133. The Morgan fingerprint density at radius 1 is 1.35 bits per heavy atom. The Bertz CT molecular complexity index is 705. The molecule has 2 heterocycles. The van der Waals surface area contributed by atoms with Gasteiger partial charge < -0.3 is 20.1 Å². The highest BCUT2D eigenvalue weighted by Crippen LogP contribution is 2.30. The summed E-state index contributed by atoms with van der Waals surface area (Å²) in [5.74, 6) is 0.372. The maximum Gasteiger partial charge on any atom is 0.265 e. The quantitative estimate of drug-likeness (QED) is 0.883. The van der Waals surface area contributed by atoms with E-state index in [1.807, 2.05) is 6.07 Å². The van der Waals surface area contributed by atoms with Gasteiger partial charge in [0.15, 0.2) is 16.6 Å². The molecular formula is C15H15N3O4S. The number of amides is 2. The minimum Gasteiger partial charge on any atom is -0.485 e. The highest BCUT2D eigenvalue weighted by atomic mass is 32.1. The zero-order chi connectivity index (χ0) is 16.2. The normalized spacial score (nSPS) is 17.2. The SMILES string of the molecule is C[C@H](NC(=O)[C@H]1COc2ccccc2O1)C(=O)Nc1nccs1. The van der Waals surface area contributed by atoms with E-state index >= 15 is 0 Å². The van der Waals surface area contributed by atoms with Crippen molar-refractivity contribution < 1.29 is 19.1 Å². The number of ether oxygens (including phenoxy) is 2. The molecule has 0 saturated heterocycles. The summed E-state index contributed by atoms with van der Waals surface area (Å²) in [4.78, 5) is 28.2. The summed E-state index contributed by atoms with van der Waals surface area (Å²) < 4.78 is 11.1. The van der Waals surface area contributed by atoms with Crippen LogP contribution in [0.4, 0.5) is 5.13 Å². The van der Waals surface area contributed by atoms with Gasteiger partial charge in [0.05, 0.1) is 0 Å². The fourth-order valence-electron chi connectivity index (χ4n) is 2.02. The van der Waals surface area contributed by atoms with E-state index in [2.05, 4.69) is 15.6 Å². The molecule has 0 fully saturated rings. The highest BCUT2D eigenvalue weighted by molar-refractivity contribution is 7.13. The van der Waals surface area contributed by atoms with Crippen LogP contribution in [0.5, 0.6) is 11.5 Å². The van der Waals surface area contributed by atoms with E-state index in [0.29, 0.717) is 16.6 Å². The van der Waals surface area contributed by atoms with Crippen LogP contribution < -0.4 is 20.1 Å². The molecule has 23 heavy (non-hydrogen) atoms. The number of benzene rings is 1. The first-order chi connectivity index (χ1) is 11.1. The molecule has 1 aromatic heterocycles. The largest absolute Gasteiger partial charge is 0.485 e. The number of hydrogen-bond acceptors (Lipinski definition) is 6. The molecule has 120 valence electrons. The Kier molecular flexibility index (Phi) is 4.42. The van der Waals surface area contributed by atoms with Crippen LogP contribution in [-0.2, 0) is 9.59 Å². The lowest BCUT2D eigenvalue weighted by Gasteiger charge is -2.26. The zero-order valence-electron chi connectivity index (χ0n) is 12.3. The van der Waals surface area contributed by atoms with E-state index in [9.17, 15) is 9.59 Å². The average Bonchev–Trinajstić information content (AvgIpc) is 3.07. The molecular weight excluding hydrogens is 318 g/mol. The van der Waals surface area contributed by atoms with Crippen molar-refractivity contribution in [3.8, 4) is 11.5 Å². The summed E-state index contributed by atoms with van der Waals surface area (Å²) in [5.41, 5.74) is 0. The number of fused-ring (bicyclic) bond motifs is 1. The van der Waals surface area contributed by atoms with Gasteiger partial charge in [0, 0.05) is 11.6 Å². The first kappa shape index (κ1) is 15.3. The highest BCUT2D eigenvalue weighted by Gasteiger charge is 2.29. The number of carbonyl (C=O) groups is 2. The van der Waals surface area contributed by atoms with Crippen molar-refractivity contribution in [2.75, 3.05) is 11.9 Å². The Balaban J connectivity index is 1.56. The fraction of sp³-hybridized carbons (Fsp3) is 0.267. The van der Waals surface area contributed by atoms with Gasteiger partial charge in [0.2, 0.25) is 12.0 Å². The first-order valence-electron chi connectivity index (χ1n) is 7.02. The molecule has 0 unspecified atom stereocenters. The van der Waals surface area contributed by atoms with Gasteiger partial charge in [0.25, 0.3) is 5.91 Å². The van der Waals surface area contributed by atoms with E-state index in [1.54, 1.807) is 36.7 Å². The van der Waals surface area contributed by atoms with Crippen LogP contribution in [0.25, 0.3) is 0 Å². The molecule has 2 aromatic rings. The smallest absolute Gasteiger partial charge is 0.265 e. The second-order valence-corrected chi connectivity index (χ2v) is 5.82. The summed E-state index contributed by atoms with van der Waals surface area (Å²) in [6.07, 6.45) is 0.800. The monoisotopic (exact) mass is 333 g/mol. The number of carbonyl (C=O) groups excluding carboxylic acids is 2. The van der Waals surface area contributed by atoms with Gasteiger partial charge in [-0.15, -0.1) is 11.3 Å². The van der Waals surface area contributed by atoms with Crippen LogP contribution in [-0.4, -0.2) is 35.6 Å². The van der Waals surface area contributed by atoms with Crippen LogP contribution in [0.3, 0.4) is 0 Å². The third-order valence-electron chi connectivity index (χ3n) is 3.22. The number of anilines is 1. The summed E-state index contributed by atoms with van der Waals surface area (Å²) in [5, 5.41) is 7.48. The molecule has 0 spiro atoms. The molecule has 2 amide bonds. The number of rotatable bonds is 4. The Morgan fingerprint density at radius 2 is 2.13 bits per heavy atom. The third kappa shape index (κ3) is 3.59. The predicted molar refractivity (Wildman–Crippen MR) is 84.7 cm³/mol. The molecule has 3 rings (SSSR count). The lowest BCUT2D eigenvalue weighted by atomic mass is 10.2. The number of nitrogens with one attached hydrogen (secondary N) is 2. The number of aromatic nitrogens is 1. The number of nitrogens with zero attached hydrogens (tertiary/aromatic N) is 1. The van der Waals surface area contributed by atoms with Crippen LogP contribution >= 0.6 is 11.3 Å². The van der Waals surface area contributed by atoms with Gasteiger partial charge in [-0.25, -0.2) is 4.98 Å². The molecule has 2 atom stereocenters. The van der Waals surface area contributed by atoms with E-state index in [0.717, 1.165) is 0 Å². The second-order valence-electron chi connectivity index (χ2n) is 4.92. The molecule has 0 aliphatic carbocycles. The molecule has 0 bridgehead atoms. The topological polar surface area (TPSA) is 89.5 Å². The summed E-state index contributed by atoms with van der Waals surface area (Å²) in [6, 6.07) is 6.41. The van der Waals surface area contributed by atoms with Gasteiger partial charge in [-0.1, -0.05) is 12.1 Å². The third-order valence-corrected chi connectivity index (χ3v) is 3.90. The molecule has 7 nitrogen and oxygen atoms in total. The number of thiazole rings is 1. The van der Waals surface area contributed by atoms with Crippen LogP contribution in [0.2, 0.25) is 0 Å². The lowest BCUT2D eigenvalue weighted by Crippen LogP contribution is -2.50. The van der Waals surface area contributed by atoms with Gasteiger partial charge in [-0.05, 0) is 19.1 Å². The molecule has 2 N–H and O–H groups in total. The zero-order valence-corrected chi connectivity index (χ0v) is 13.1. The molecule has 1 aliphatic rings. The van der Waals surface area contributed by atoms with E-state index < -0.39 is 18.1 Å². The standard InChI is InChI=1S/C15H15N3O4S/c1-9(13(19)18-15-16-6-7-23-15)17-14(20)12-8-21-10-4-2-3-5-11(10)22-12/h2-7,9,12H,8H2,1H3,(H,17,20)(H,16,18,19)/t9-,12+/m0/s1. The maximum absolute atomic E-state index is 12.2. The van der Waals surface area contributed by atoms with Crippen molar-refractivity contribution in [3.05, 3.63) is 35.8 Å². The van der Waals surface area contributed by atoms with Crippen molar-refractivity contribution in [1.82, 2.24) is 10.3 Å². The van der Waals surface area contributed by atoms with Gasteiger partial charge in [-0.3, -0.25) is 9.59 Å². The second kappa shape index (κ2) is 6.66. The van der Waals surface area contributed by atoms with Crippen molar-refractivity contribution in [2.45, 2.75) is 19.1 Å². The molecule has 1 aliphatic heterocycles. The molecule has 8 heteroatoms. The van der Waals surface area contributed by atoms with E-state index in [-0.39, 0.29) is 12.5 Å². The summed E-state index contributed by atoms with van der Waals surface area (Å²) >= 11 is 1.31. The summed E-state index contributed by atoms with van der Waals surface area (Å²) in [6.45, 7) is 1.70. The Labute approximate surface area is 136 Å².